The first-order valence-electron chi connectivity index (χ1n) is 10.7. The molecule has 3 N–H and O–H groups in total. The highest BCUT2D eigenvalue weighted by atomic mass is 16.5. The first kappa shape index (κ1) is 23.1. The lowest BCUT2D eigenvalue weighted by Crippen LogP contribution is -2.49. The average molecular weight is 436 g/mol. The Labute approximate surface area is 187 Å². The van der Waals surface area contributed by atoms with Crippen LogP contribution in [0.3, 0.4) is 0 Å². The quantitative estimate of drug-likeness (QED) is 0.450. The fourth-order valence-electron chi connectivity index (χ4n) is 3.45. The number of para-hydroxylation sites is 1. The highest BCUT2D eigenvalue weighted by Gasteiger charge is 2.23. The van der Waals surface area contributed by atoms with Crippen molar-refractivity contribution < 1.29 is 19.1 Å². The second-order valence-electron chi connectivity index (χ2n) is 8.01. The molecule has 0 aliphatic carbocycles. The lowest BCUT2D eigenvalue weighted by atomic mass is 10.0. The molecule has 1 aromatic heterocycles. The Bertz CT molecular complexity index is 1090. The third kappa shape index (κ3) is 5.75. The molecule has 0 saturated heterocycles. The number of carbonyl (C=O) groups is 3. The molecule has 1 atom stereocenters. The number of H-pyrrole nitrogens is 1. The maximum Gasteiger partial charge on any atom is 0.337 e. The molecule has 0 aliphatic heterocycles. The van der Waals surface area contributed by atoms with E-state index < -0.39 is 6.04 Å². The number of methoxy groups -OCH3 is 1. The molecule has 0 radical (unpaired) electrons. The van der Waals surface area contributed by atoms with Crippen LogP contribution < -0.4 is 10.6 Å². The van der Waals surface area contributed by atoms with E-state index in [1.807, 2.05) is 42.6 Å². The van der Waals surface area contributed by atoms with E-state index in [2.05, 4.69) is 15.6 Å². The molecule has 0 bridgehead atoms. The fourth-order valence-corrected chi connectivity index (χ4v) is 3.45. The van der Waals surface area contributed by atoms with Crippen molar-refractivity contribution in [3.05, 3.63) is 71.4 Å². The van der Waals surface area contributed by atoms with Crippen LogP contribution in [0.4, 0.5) is 0 Å². The molecule has 3 rings (SSSR count). The van der Waals surface area contributed by atoms with Gasteiger partial charge in [-0.2, -0.15) is 0 Å². The van der Waals surface area contributed by atoms with Crippen LogP contribution in [-0.4, -0.2) is 42.5 Å². The average Bonchev–Trinajstić information content (AvgIpc) is 3.21. The fraction of sp³-hybridized carbons (Fsp3) is 0.320. The lowest BCUT2D eigenvalue weighted by molar-refractivity contribution is -0.130. The Hall–Kier alpha value is -3.61. The second-order valence-corrected chi connectivity index (χ2v) is 8.01. The number of hydrogen-bond acceptors (Lipinski definition) is 4. The molecule has 7 nitrogen and oxygen atoms in total. The van der Waals surface area contributed by atoms with Gasteiger partial charge in [0.25, 0.3) is 0 Å². The van der Waals surface area contributed by atoms with Crippen LogP contribution in [0.1, 0.15) is 35.3 Å². The van der Waals surface area contributed by atoms with Crippen molar-refractivity contribution in [2.24, 2.45) is 5.92 Å². The minimum Gasteiger partial charge on any atom is -0.465 e. The van der Waals surface area contributed by atoms with Crippen LogP contribution in [0.5, 0.6) is 0 Å². The van der Waals surface area contributed by atoms with Crippen LogP contribution in [0.15, 0.2) is 54.7 Å². The minimum atomic E-state index is -0.675. The molecule has 3 aromatic rings. The van der Waals surface area contributed by atoms with Gasteiger partial charge in [-0.3, -0.25) is 9.59 Å². The maximum atomic E-state index is 12.9. The summed E-state index contributed by atoms with van der Waals surface area (Å²) < 4.78 is 4.70. The highest BCUT2D eigenvalue weighted by molar-refractivity contribution is 5.90. The van der Waals surface area contributed by atoms with E-state index in [-0.39, 0.29) is 23.7 Å². The minimum absolute atomic E-state index is 0.164. The predicted molar refractivity (Wildman–Crippen MR) is 123 cm³/mol. The van der Waals surface area contributed by atoms with Gasteiger partial charge in [-0.1, -0.05) is 44.2 Å². The zero-order valence-electron chi connectivity index (χ0n) is 18.6. The Morgan fingerprint density at radius 3 is 2.41 bits per heavy atom. The van der Waals surface area contributed by atoms with Gasteiger partial charge in [-0.25, -0.2) is 4.79 Å². The topological polar surface area (TPSA) is 100 Å². The summed E-state index contributed by atoms with van der Waals surface area (Å²) in [6, 6.07) is 14.3. The smallest absolute Gasteiger partial charge is 0.337 e. The van der Waals surface area contributed by atoms with E-state index in [0.717, 1.165) is 22.0 Å². The second kappa shape index (κ2) is 10.6. The van der Waals surface area contributed by atoms with Crippen LogP contribution in [-0.2, 0) is 27.2 Å². The molecule has 168 valence electrons. The van der Waals surface area contributed by atoms with E-state index in [1.54, 1.807) is 26.0 Å². The summed E-state index contributed by atoms with van der Waals surface area (Å²) in [6.07, 6.45) is 2.88. The lowest BCUT2D eigenvalue weighted by Gasteiger charge is -2.19. The molecule has 0 spiro atoms. The number of hydrogen-bond donors (Lipinski definition) is 3. The summed E-state index contributed by atoms with van der Waals surface area (Å²) in [5.74, 6) is -0.994. The number of aromatic nitrogens is 1. The number of carbonyl (C=O) groups excluding carboxylic acids is 3. The number of aromatic amines is 1. The molecule has 1 heterocycles. The summed E-state index contributed by atoms with van der Waals surface area (Å²) in [4.78, 5) is 40.0. The van der Waals surface area contributed by atoms with Crippen LogP contribution in [0.25, 0.3) is 10.9 Å². The van der Waals surface area contributed by atoms with E-state index in [9.17, 15) is 14.4 Å². The normalized spacial score (nSPS) is 11.9. The predicted octanol–water partition coefficient (Wildman–Crippen LogP) is 3.00. The van der Waals surface area contributed by atoms with Crippen molar-refractivity contribution in [1.82, 2.24) is 15.6 Å². The maximum absolute atomic E-state index is 12.9. The van der Waals surface area contributed by atoms with Crippen molar-refractivity contribution in [2.45, 2.75) is 32.7 Å². The van der Waals surface area contributed by atoms with E-state index in [4.69, 9.17) is 4.74 Å². The van der Waals surface area contributed by atoms with Gasteiger partial charge in [0, 0.05) is 36.0 Å². The number of benzene rings is 2. The molecular weight excluding hydrogens is 406 g/mol. The summed E-state index contributed by atoms with van der Waals surface area (Å²) in [6.45, 7) is 4.01. The molecule has 0 fully saturated rings. The number of fused-ring (bicyclic) bond motifs is 1. The third-order valence-electron chi connectivity index (χ3n) is 5.34. The van der Waals surface area contributed by atoms with Crippen molar-refractivity contribution in [1.29, 1.82) is 0 Å². The van der Waals surface area contributed by atoms with Gasteiger partial charge in [-0.05, 0) is 35.7 Å². The summed E-state index contributed by atoms with van der Waals surface area (Å²) in [5, 5.41) is 6.84. The van der Waals surface area contributed by atoms with Gasteiger partial charge in [0.1, 0.15) is 6.04 Å². The first-order valence-corrected chi connectivity index (χ1v) is 10.7. The van der Waals surface area contributed by atoms with Crippen LogP contribution >= 0.6 is 0 Å². The van der Waals surface area contributed by atoms with Crippen LogP contribution in [0, 0.1) is 5.92 Å². The molecular formula is C25H29N3O4. The van der Waals surface area contributed by atoms with Gasteiger partial charge in [0.05, 0.1) is 12.7 Å². The van der Waals surface area contributed by atoms with E-state index in [1.165, 1.54) is 7.11 Å². The molecule has 32 heavy (non-hydrogen) atoms. The zero-order chi connectivity index (χ0) is 23.1. The molecule has 0 saturated carbocycles. The summed E-state index contributed by atoms with van der Waals surface area (Å²) in [5.41, 5.74) is 3.43. The van der Waals surface area contributed by atoms with Gasteiger partial charge in [0.15, 0.2) is 0 Å². The van der Waals surface area contributed by atoms with E-state index >= 15 is 0 Å². The Morgan fingerprint density at radius 1 is 1.00 bits per heavy atom. The number of amides is 2. The van der Waals surface area contributed by atoms with Crippen LogP contribution in [0.2, 0.25) is 0 Å². The molecule has 0 aliphatic rings. The number of nitrogens with one attached hydrogen (secondary N) is 3. The van der Waals surface area contributed by atoms with Crippen molar-refractivity contribution in [2.75, 3.05) is 13.7 Å². The summed E-state index contributed by atoms with van der Waals surface area (Å²) in [7, 11) is 1.34. The van der Waals surface area contributed by atoms with Gasteiger partial charge < -0.3 is 20.4 Å². The van der Waals surface area contributed by atoms with Gasteiger partial charge in [0.2, 0.25) is 11.8 Å². The Kier molecular flexibility index (Phi) is 7.65. The Morgan fingerprint density at radius 2 is 1.72 bits per heavy atom. The molecule has 2 amide bonds. The largest absolute Gasteiger partial charge is 0.465 e. The summed E-state index contributed by atoms with van der Waals surface area (Å²) >= 11 is 0. The number of ether oxygens (including phenoxy) is 1. The SMILES string of the molecule is COC(=O)c1ccc(CCNC(=O)C(Cc2c[nH]c3ccccc23)NC(=O)C(C)C)cc1. The standard InChI is InChI=1S/C25H29N3O4/c1-16(2)23(29)28-22(14-19-15-27-21-7-5-4-6-20(19)21)24(30)26-13-12-17-8-10-18(11-9-17)25(31)32-3/h4-11,15-16,22,27H,12-14H2,1-3H3,(H,26,30)(H,28,29). The highest BCUT2D eigenvalue weighted by Crippen LogP contribution is 2.19. The van der Waals surface area contributed by atoms with Crippen molar-refractivity contribution in [3.8, 4) is 0 Å². The zero-order valence-corrected chi connectivity index (χ0v) is 18.6. The first-order chi connectivity index (χ1) is 15.4. The molecule has 1 unspecified atom stereocenters. The van der Waals surface area contributed by atoms with Gasteiger partial charge >= 0.3 is 5.97 Å². The molecule has 2 aromatic carbocycles. The van der Waals surface area contributed by atoms with Gasteiger partial charge in [-0.15, -0.1) is 0 Å². The molecule has 7 heteroatoms. The monoisotopic (exact) mass is 435 g/mol. The van der Waals surface area contributed by atoms with E-state index in [0.29, 0.717) is 24.9 Å². The number of esters is 1. The van der Waals surface area contributed by atoms with Crippen molar-refractivity contribution in [3.63, 3.8) is 0 Å². The third-order valence-corrected chi connectivity index (χ3v) is 5.34. The Balaban J connectivity index is 1.64. The van der Waals surface area contributed by atoms with Crippen molar-refractivity contribution >= 4 is 28.7 Å². The number of rotatable bonds is 9.